The summed E-state index contributed by atoms with van der Waals surface area (Å²) in [5.74, 6) is -0.0145. The van der Waals surface area contributed by atoms with Crippen molar-refractivity contribution in [1.29, 1.82) is 0 Å². The summed E-state index contributed by atoms with van der Waals surface area (Å²) in [5.41, 5.74) is 0.105. The maximum Gasteiger partial charge on any atom is 0.228 e. The van der Waals surface area contributed by atoms with E-state index >= 15 is 0 Å². The predicted molar refractivity (Wildman–Crippen MR) is 53.2 cm³/mol. The number of rotatable bonds is 1. The van der Waals surface area contributed by atoms with Gasteiger partial charge in [0.1, 0.15) is 5.58 Å². The average molecular weight is 278 g/mol. The Balaban J connectivity index is 0.00000112. The third-order valence-electron chi connectivity index (χ3n) is 2.11. The Kier molecular flexibility index (Phi) is 3.94. The number of hydrogen-bond acceptors (Lipinski definition) is 3. The zero-order valence-electron chi connectivity index (χ0n) is 8.23. The molecule has 0 fully saturated rings. The molecule has 0 saturated carbocycles. The summed E-state index contributed by atoms with van der Waals surface area (Å²) >= 11 is 0. The van der Waals surface area contributed by atoms with Crippen LogP contribution in [-0.4, -0.2) is 5.11 Å². The van der Waals surface area contributed by atoms with Gasteiger partial charge in [-0.05, 0) is 6.07 Å². The molecular weight excluding hydrogens is 269 g/mol. The SMILES string of the molecule is C[CH-]c1c(O)c2ccccc2oc1=O.[Y]. The molecule has 3 nitrogen and oxygen atoms in total. The van der Waals surface area contributed by atoms with Gasteiger partial charge in [-0.1, -0.05) is 30.7 Å². The Hall–Kier alpha value is -0.796. The van der Waals surface area contributed by atoms with E-state index in [1.807, 2.05) is 0 Å². The van der Waals surface area contributed by atoms with E-state index in [9.17, 15) is 9.90 Å². The summed E-state index contributed by atoms with van der Waals surface area (Å²) in [6, 6.07) is 6.89. The first-order valence-electron chi connectivity index (χ1n) is 4.28. The molecule has 0 saturated heterocycles. The van der Waals surface area contributed by atoms with Gasteiger partial charge < -0.3 is 14.3 Å². The van der Waals surface area contributed by atoms with Crippen molar-refractivity contribution >= 4 is 11.0 Å². The summed E-state index contributed by atoms with van der Waals surface area (Å²) in [4.78, 5) is 11.3. The van der Waals surface area contributed by atoms with Crippen LogP contribution in [0.2, 0.25) is 0 Å². The number of fused-ring (bicyclic) bond motifs is 1. The first kappa shape index (κ1) is 12.3. The number of para-hydroxylation sites is 1. The van der Waals surface area contributed by atoms with Crippen molar-refractivity contribution in [1.82, 2.24) is 0 Å². The number of hydrogen-bond donors (Lipinski definition) is 1. The molecule has 15 heavy (non-hydrogen) atoms. The van der Waals surface area contributed by atoms with Gasteiger partial charge in [-0.3, -0.25) is 0 Å². The monoisotopic (exact) mass is 278 g/mol. The van der Waals surface area contributed by atoms with Crippen molar-refractivity contribution in [2.45, 2.75) is 6.92 Å². The normalized spacial score (nSPS) is 9.67. The predicted octanol–water partition coefficient (Wildman–Crippen LogP) is 2.07. The van der Waals surface area contributed by atoms with Gasteiger partial charge in [0.15, 0.2) is 0 Å². The van der Waals surface area contributed by atoms with Crippen LogP contribution in [0.3, 0.4) is 0 Å². The van der Waals surface area contributed by atoms with Crippen molar-refractivity contribution in [2.24, 2.45) is 0 Å². The van der Waals surface area contributed by atoms with Gasteiger partial charge in [-0.15, -0.1) is 0 Å². The Morgan fingerprint density at radius 2 is 2.00 bits per heavy atom. The summed E-state index contributed by atoms with van der Waals surface area (Å²) in [6.07, 6.45) is 1.54. The van der Waals surface area contributed by atoms with Gasteiger partial charge in [0.2, 0.25) is 5.63 Å². The molecule has 4 heteroatoms. The summed E-state index contributed by atoms with van der Waals surface area (Å²) < 4.78 is 5.02. The standard InChI is InChI=1S/C11H9O3.Y/c1-2-7-10(12)8-5-3-4-6-9(8)14-11(7)13;/h2-6,12H,1H3;/q-1;. The fraction of sp³-hybridized carbons (Fsp3) is 0.0909. The van der Waals surface area contributed by atoms with Crippen LogP contribution in [0.25, 0.3) is 11.0 Å². The molecule has 1 aromatic heterocycles. The second-order valence-electron chi connectivity index (χ2n) is 2.94. The third kappa shape index (κ3) is 2.08. The van der Waals surface area contributed by atoms with Crippen LogP contribution in [0, 0.1) is 6.42 Å². The minimum absolute atomic E-state index is 0. The van der Waals surface area contributed by atoms with Crippen molar-refractivity contribution in [2.75, 3.05) is 0 Å². The summed E-state index contributed by atoms with van der Waals surface area (Å²) in [5, 5.41) is 10.3. The van der Waals surface area contributed by atoms with Gasteiger partial charge in [0.05, 0.1) is 0 Å². The van der Waals surface area contributed by atoms with Gasteiger partial charge in [0, 0.05) is 43.8 Å². The first-order valence-corrected chi connectivity index (χ1v) is 4.28. The van der Waals surface area contributed by atoms with Crippen LogP contribution in [0.1, 0.15) is 12.5 Å². The Morgan fingerprint density at radius 1 is 1.33 bits per heavy atom. The average Bonchev–Trinajstić information content (AvgIpc) is 2.18. The molecule has 0 aliphatic carbocycles. The van der Waals surface area contributed by atoms with E-state index in [0.717, 1.165) is 0 Å². The number of benzene rings is 1. The smallest absolute Gasteiger partial charge is 0.228 e. The summed E-state index contributed by atoms with van der Waals surface area (Å²) in [6.45, 7) is 1.68. The van der Waals surface area contributed by atoms with E-state index in [2.05, 4.69) is 0 Å². The molecular formula is C11H9O3Y-. The minimum atomic E-state index is -0.510. The van der Waals surface area contributed by atoms with Crippen molar-refractivity contribution in [3.05, 3.63) is 46.7 Å². The Morgan fingerprint density at radius 3 is 2.67 bits per heavy atom. The van der Waals surface area contributed by atoms with E-state index in [4.69, 9.17) is 4.42 Å². The number of aromatic hydroxyl groups is 1. The zero-order valence-corrected chi connectivity index (χ0v) is 11.1. The molecule has 0 spiro atoms. The molecule has 2 aromatic rings. The Bertz CT molecular complexity index is 531. The van der Waals surface area contributed by atoms with Gasteiger partial charge in [0.25, 0.3) is 0 Å². The first-order chi connectivity index (χ1) is 6.74. The molecule has 0 unspecified atom stereocenters. The second kappa shape index (κ2) is 4.82. The topological polar surface area (TPSA) is 50.4 Å². The van der Waals surface area contributed by atoms with Crippen LogP contribution in [0.4, 0.5) is 0 Å². The van der Waals surface area contributed by atoms with Crippen LogP contribution >= 0.6 is 0 Å². The van der Waals surface area contributed by atoms with E-state index in [0.29, 0.717) is 11.0 Å². The van der Waals surface area contributed by atoms with Crippen LogP contribution in [0.15, 0.2) is 33.5 Å². The zero-order chi connectivity index (χ0) is 10.1. The minimum Gasteiger partial charge on any atom is -0.564 e. The van der Waals surface area contributed by atoms with Gasteiger partial charge >= 0.3 is 0 Å². The molecule has 1 radical (unpaired) electrons. The quantitative estimate of drug-likeness (QED) is 0.641. The molecule has 0 bridgehead atoms. The molecule has 0 amide bonds. The molecule has 0 aliphatic heterocycles. The molecule has 0 aliphatic rings. The van der Waals surface area contributed by atoms with Gasteiger partial charge in [-0.25, -0.2) is 0 Å². The summed E-state index contributed by atoms with van der Waals surface area (Å²) in [7, 11) is 0. The van der Waals surface area contributed by atoms with Crippen molar-refractivity contribution in [3.63, 3.8) is 0 Å². The largest absolute Gasteiger partial charge is 0.564 e. The Labute approximate surface area is 112 Å². The molecule has 1 heterocycles. The van der Waals surface area contributed by atoms with E-state index < -0.39 is 5.63 Å². The van der Waals surface area contributed by atoms with Crippen LogP contribution in [0.5, 0.6) is 5.75 Å². The molecule has 75 valence electrons. The molecule has 1 N–H and O–H groups in total. The van der Waals surface area contributed by atoms with Crippen LogP contribution in [-0.2, 0) is 32.7 Å². The fourth-order valence-corrected chi connectivity index (χ4v) is 1.40. The molecule has 2 rings (SSSR count). The van der Waals surface area contributed by atoms with Crippen molar-refractivity contribution < 1.29 is 42.2 Å². The van der Waals surface area contributed by atoms with Gasteiger partial charge in [-0.2, -0.15) is 6.42 Å². The van der Waals surface area contributed by atoms with E-state index in [1.54, 1.807) is 31.2 Å². The van der Waals surface area contributed by atoms with E-state index in [1.165, 1.54) is 6.42 Å². The van der Waals surface area contributed by atoms with Crippen LogP contribution < -0.4 is 5.63 Å². The third-order valence-corrected chi connectivity index (χ3v) is 2.11. The van der Waals surface area contributed by atoms with Crippen molar-refractivity contribution in [3.8, 4) is 5.75 Å². The van der Waals surface area contributed by atoms with E-state index in [-0.39, 0.29) is 44.0 Å². The fourth-order valence-electron chi connectivity index (χ4n) is 1.40. The maximum absolute atomic E-state index is 11.3. The second-order valence-corrected chi connectivity index (χ2v) is 2.94. The molecule has 1 aromatic carbocycles. The maximum atomic E-state index is 11.3. The molecule has 0 atom stereocenters.